The van der Waals surface area contributed by atoms with Gasteiger partial charge in [-0.25, -0.2) is 0 Å². The van der Waals surface area contributed by atoms with E-state index >= 15 is 0 Å². The molecule has 2 atom stereocenters. The van der Waals surface area contributed by atoms with E-state index in [1.165, 1.54) is 5.56 Å². The fourth-order valence-corrected chi connectivity index (χ4v) is 3.37. The van der Waals surface area contributed by atoms with Gasteiger partial charge in [0.05, 0.1) is 19.1 Å². The molecular weight excluding hydrogens is 342 g/mol. The molecule has 5 heteroatoms. The number of benzene rings is 2. The van der Waals surface area contributed by atoms with Crippen LogP contribution in [0.2, 0.25) is 0 Å². The summed E-state index contributed by atoms with van der Waals surface area (Å²) in [6, 6.07) is 14.0. The normalized spacial score (nSPS) is 18.9. The van der Waals surface area contributed by atoms with Gasteiger partial charge in [0.25, 0.3) is 0 Å². The maximum absolute atomic E-state index is 11.0. The van der Waals surface area contributed by atoms with Crippen LogP contribution in [0.1, 0.15) is 36.1 Å². The van der Waals surface area contributed by atoms with Gasteiger partial charge in [-0.2, -0.15) is 0 Å². The van der Waals surface area contributed by atoms with Gasteiger partial charge in [0.1, 0.15) is 11.5 Å². The van der Waals surface area contributed by atoms with Crippen LogP contribution in [0.5, 0.6) is 11.5 Å². The lowest BCUT2D eigenvalue weighted by atomic mass is 10.1. The van der Waals surface area contributed by atoms with E-state index in [9.17, 15) is 4.79 Å². The Bertz CT molecular complexity index is 787. The molecular formula is C22H27NO4. The van der Waals surface area contributed by atoms with E-state index in [1.807, 2.05) is 43.3 Å². The minimum absolute atomic E-state index is 0.000743. The predicted molar refractivity (Wildman–Crippen MR) is 104 cm³/mol. The molecule has 144 valence electrons. The van der Waals surface area contributed by atoms with Crippen molar-refractivity contribution < 1.29 is 19.4 Å². The van der Waals surface area contributed by atoms with Crippen LogP contribution in [0.4, 0.5) is 0 Å². The number of morpholine rings is 1. The van der Waals surface area contributed by atoms with Crippen molar-refractivity contribution in [3.63, 3.8) is 0 Å². The molecule has 0 aliphatic carbocycles. The third kappa shape index (κ3) is 4.87. The zero-order valence-electron chi connectivity index (χ0n) is 16.1. The van der Waals surface area contributed by atoms with Gasteiger partial charge in [-0.3, -0.25) is 9.69 Å². The Hall–Kier alpha value is -2.37. The van der Waals surface area contributed by atoms with Gasteiger partial charge in [-0.1, -0.05) is 24.3 Å². The van der Waals surface area contributed by atoms with E-state index < -0.39 is 5.97 Å². The highest BCUT2D eigenvalue weighted by molar-refractivity contribution is 5.67. The van der Waals surface area contributed by atoms with Gasteiger partial charge in [-0.05, 0) is 55.7 Å². The molecule has 0 spiro atoms. The fourth-order valence-electron chi connectivity index (χ4n) is 3.37. The maximum Gasteiger partial charge on any atom is 0.304 e. The van der Waals surface area contributed by atoms with Crippen LogP contribution in [-0.2, 0) is 9.53 Å². The highest BCUT2D eigenvalue weighted by atomic mass is 16.5. The molecule has 2 aromatic carbocycles. The molecule has 1 saturated heterocycles. The van der Waals surface area contributed by atoms with Crippen molar-refractivity contribution in [2.24, 2.45) is 0 Å². The molecule has 0 aromatic heterocycles. The molecule has 1 fully saturated rings. The number of aliphatic carboxylic acids is 1. The molecule has 1 aliphatic rings. The Morgan fingerprint density at radius 3 is 2.70 bits per heavy atom. The van der Waals surface area contributed by atoms with Gasteiger partial charge >= 0.3 is 5.97 Å². The summed E-state index contributed by atoms with van der Waals surface area (Å²) in [7, 11) is 0. The summed E-state index contributed by atoms with van der Waals surface area (Å²) in [5.74, 6) is 0.892. The molecule has 0 bridgehead atoms. The second kappa shape index (κ2) is 8.55. The molecule has 5 nitrogen and oxygen atoms in total. The van der Waals surface area contributed by atoms with Gasteiger partial charge in [0, 0.05) is 19.1 Å². The van der Waals surface area contributed by atoms with Gasteiger partial charge < -0.3 is 14.6 Å². The highest BCUT2D eigenvalue weighted by Gasteiger charge is 2.26. The lowest BCUT2D eigenvalue weighted by Gasteiger charge is -2.36. The van der Waals surface area contributed by atoms with Crippen molar-refractivity contribution in [2.45, 2.75) is 39.3 Å². The highest BCUT2D eigenvalue weighted by Crippen LogP contribution is 2.29. The van der Waals surface area contributed by atoms with E-state index in [4.69, 9.17) is 14.6 Å². The van der Waals surface area contributed by atoms with E-state index in [-0.39, 0.29) is 18.6 Å². The first-order chi connectivity index (χ1) is 12.9. The number of aryl methyl sites for hydroxylation is 1. The third-order valence-corrected chi connectivity index (χ3v) is 5.23. The van der Waals surface area contributed by atoms with Gasteiger partial charge in [0.15, 0.2) is 0 Å². The molecule has 27 heavy (non-hydrogen) atoms. The summed E-state index contributed by atoms with van der Waals surface area (Å²) in [5, 5.41) is 9.01. The average Bonchev–Trinajstić information content (AvgIpc) is 2.66. The second-order valence-corrected chi connectivity index (χ2v) is 7.17. The van der Waals surface area contributed by atoms with Crippen LogP contribution in [0.25, 0.3) is 0 Å². The van der Waals surface area contributed by atoms with Crippen molar-refractivity contribution in [1.82, 2.24) is 4.90 Å². The van der Waals surface area contributed by atoms with Crippen molar-refractivity contribution in [1.29, 1.82) is 0 Å². The molecule has 2 aromatic rings. The summed E-state index contributed by atoms with van der Waals surface area (Å²) in [4.78, 5) is 13.1. The topological polar surface area (TPSA) is 59.0 Å². The predicted octanol–water partition coefficient (Wildman–Crippen LogP) is 4.33. The molecule has 1 heterocycles. The Morgan fingerprint density at radius 2 is 2.00 bits per heavy atom. The van der Waals surface area contributed by atoms with E-state index in [0.29, 0.717) is 13.2 Å². The quantitative estimate of drug-likeness (QED) is 0.821. The fraction of sp³-hybridized carbons (Fsp3) is 0.409. The van der Waals surface area contributed by atoms with Gasteiger partial charge in [0.2, 0.25) is 0 Å². The molecule has 3 rings (SSSR count). The number of rotatable bonds is 6. The first kappa shape index (κ1) is 19.4. The van der Waals surface area contributed by atoms with Crippen molar-refractivity contribution in [3.8, 4) is 11.5 Å². The standard InChI is InChI=1S/C22H27NO4/c1-15-5-4-6-20(17(15)3)27-19-9-7-18(8-10-19)21-14-23(11-12-26-21)16(2)13-22(24)25/h4-10,16,21H,11-14H2,1-3H3,(H,24,25). The Labute approximate surface area is 160 Å². The zero-order chi connectivity index (χ0) is 19.4. The van der Waals surface area contributed by atoms with E-state index in [0.717, 1.165) is 29.2 Å². The molecule has 0 saturated carbocycles. The largest absolute Gasteiger partial charge is 0.481 e. The smallest absolute Gasteiger partial charge is 0.304 e. The van der Waals surface area contributed by atoms with Crippen LogP contribution >= 0.6 is 0 Å². The maximum atomic E-state index is 11.0. The van der Waals surface area contributed by atoms with Crippen molar-refractivity contribution in [3.05, 3.63) is 59.2 Å². The molecule has 2 unspecified atom stereocenters. The Morgan fingerprint density at radius 1 is 1.26 bits per heavy atom. The van der Waals surface area contributed by atoms with Crippen LogP contribution in [0.3, 0.4) is 0 Å². The first-order valence-corrected chi connectivity index (χ1v) is 9.35. The number of hydrogen-bond acceptors (Lipinski definition) is 4. The van der Waals surface area contributed by atoms with Crippen LogP contribution in [0.15, 0.2) is 42.5 Å². The minimum atomic E-state index is -0.765. The summed E-state index contributed by atoms with van der Waals surface area (Å²) in [6.45, 7) is 8.15. The lowest BCUT2D eigenvalue weighted by molar-refractivity contribution is -0.139. The van der Waals surface area contributed by atoms with Crippen molar-refractivity contribution >= 4 is 5.97 Å². The third-order valence-electron chi connectivity index (χ3n) is 5.23. The second-order valence-electron chi connectivity index (χ2n) is 7.17. The minimum Gasteiger partial charge on any atom is -0.481 e. The van der Waals surface area contributed by atoms with Crippen molar-refractivity contribution in [2.75, 3.05) is 19.7 Å². The average molecular weight is 369 g/mol. The van der Waals surface area contributed by atoms with Crippen LogP contribution in [0, 0.1) is 13.8 Å². The number of nitrogens with zero attached hydrogens (tertiary/aromatic N) is 1. The zero-order valence-corrected chi connectivity index (χ0v) is 16.1. The monoisotopic (exact) mass is 369 g/mol. The molecule has 1 N–H and O–H groups in total. The van der Waals surface area contributed by atoms with Crippen LogP contribution in [-0.4, -0.2) is 41.7 Å². The molecule has 0 radical (unpaired) electrons. The van der Waals surface area contributed by atoms with Crippen LogP contribution < -0.4 is 4.74 Å². The molecule has 0 amide bonds. The Balaban J connectivity index is 1.66. The number of carboxylic acids is 1. The summed E-state index contributed by atoms with van der Waals surface area (Å²) < 4.78 is 11.9. The number of carbonyl (C=O) groups is 1. The Kier molecular flexibility index (Phi) is 6.14. The van der Waals surface area contributed by atoms with Gasteiger partial charge in [-0.15, -0.1) is 0 Å². The van der Waals surface area contributed by atoms with E-state index in [2.05, 4.69) is 24.8 Å². The number of hydrogen-bond donors (Lipinski definition) is 1. The number of ether oxygens (including phenoxy) is 2. The molecule has 1 aliphatic heterocycles. The number of carboxylic acid groups (broad SMARTS) is 1. The SMILES string of the molecule is Cc1cccc(Oc2ccc(C3CN(C(C)CC(=O)O)CCO3)cc2)c1C. The summed E-state index contributed by atoms with van der Waals surface area (Å²) in [6.07, 6.45) is 0.0970. The first-order valence-electron chi connectivity index (χ1n) is 9.35. The lowest BCUT2D eigenvalue weighted by Crippen LogP contribution is -2.44. The van der Waals surface area contributed by atoms with E-state index in [1.54, 1.807) is 0 Å². The summed E-state index contributed by atoms with van der Waals surface area (Å²) in [5.41, 5.74) is 3.42. The summed E-state index contributed by atoms with van der Waals surface area (Å²) >= 11 is 0.